The average molecular weight is 481 g/mol. The van der Waals surface area contributed by atoms with Gasteiger partial charge in [-0.3, -0.25) is 9.59 Å². The number of nitrogens with one attached hydrogen (secondary N) is 2. The molecule has 3 saturated carbocycles. The van der Waals surface area contributed by atoms with E-state index in [0.717, 1.165) is 11.1 Å². The van der Waals surface area contributed by atoms with Crippen LogP contribution in [0.3, 0.4) is 0 Å². The highest BCUT2D eigenvalue weighted by atomic mass is 16.5. The largest absolute Gasteiger partial charge is 0.484 e. The van der Waals surface area contributed by atoms with Crippen LogP contribution < -0.4 is 20.1 Å². The van der Waals surface area contributed by atoms with Crippen molar-refractivity contribution in [2.45, 2.75) is 77.0 Å². The molecule has 0 aromatic heterocycles. The second-order valence-corrected chi connectivity index (χ2v) is 10.3. The topological polar surface area (TPSA) is 96.9 Å². The predicted molar refractivity (Wildman–Crippen MR) is 134 cm³/mol. The van der Waals surface area contributed by atoms with Gasteiger partial charge in [-0.05, 0) is 106 Å². The fourth-order valence-corrected chi connectivity index (χ4v) is 5.21. The maximum Gasteiger partial charge on any atom is 0.258 e. The van der Waals surface area contributed by atoms with Gasteiger partial charge in [0.15, 0.2) is 13.2 Å². The first-order chi connectivity index (χ1) is 16.6. The molecule has 188 valence electrons. The molecular weight excluding hydrogens is 444 g/mol. The Labute approximate surface area is 207 Å². The van der Waals surface area contributed by atoms with Crippen LogP contribution in [0.2, 0.25) is 0 Å². The third kappa shape index (κ3) is 5.61. The number of fused-ring (bicyclic) bond motifs is 3. The summed E-state index contributed by atoms with van der Waals surface area (Å²) in [7, 11) is 0. The SMILES string of the molecule is Cc1ccc(OCC(=O)NC23CCC(NC(=O)COc4ccc(C)c(C)c4)(CC2)[C@@H](O)C3)cc1C. The lowest BCUT2D eigenvalue weighted by molar-refractivity contribution is -0.137. The normalized spacial score (nSPS) is 25.1. The summed E-state index contributed by atoms with van der Waals surface area (Å²) < 4.78 is 11.3. The summed E-state index contributed by atoms with van der Waals surface area (Å²) in [6, 6.07) is 11.5. The summed E-state index contributed by atoms with van der Waals surface area (Å²) in [5.41, 5.74) is 3.42. The smallest absolute Gasteiger partial charge is 0.258 e. The van der Waals surface area contributed by atoms with Crippen molar-refractivity contribution < 1.29 is 24.2 Å². The van der Waals surface area contributed by atoms with Crippen LogP contribution in [-0.4, -0.2) is 47.3 Å². The number of hydrogen-bond acceptors (Lipinski definition) is 5. The molecule has 0 aliphatic heterocycles. The van der Waals surface area contributed by atoms with Gasteiger partial charge in [0.1, 0.15) is 11.5 Å². The van der Waals surface area contributed by atoms with E-state index in [1.807, 2.05) is 64.1 Å². The number of aryl methyl sites for hydroxylation is 4. The number of hydrogen-bond donors (Lipinski definition) is 3. The number of carbonyl (C=O) groups is 2. The second kappa shape index (κ2) is 9.90. The summed E-state index contributed by atoms with van der Waals surface area (Å²) >= 11 is 0. The molecule has 2 aromatic rings. The molecule has 35 heavy (non-hydrogen) atoms. The zero-order valence-electron chi connectivity index (χ0n) is 21.1. The first-order valence-electron chi connectivity index (χ1n) is 12.3. The van der Waals surface area contributed by atoms with Crippen molar-refractivity contribution in [3.63, 3.8) is 0 Å². The van der Waals surface area contributed by atoms with Crippen molar-refractivity contribution in [1.29, 1.82) is 0 Å². The van der Waals surface area contributed by atoms with Crippen LogP contribution in [0, 0.1) is 27.7 Å². The Bertz CT molecular complexity index is 1100. The van der Waals surface area contributed by atoms with E-state index in [0.29, 0.717) is 43.6 Å². The molecule has 2 aromatic carbocycles. The maximum atomic E-state index is 12.7. The second-order valence-electron chi connectivity index (χ2n) is 10.3. The van der Waals surface area contributed by atoms with Gasteiger partial charge in [0.25, 0.3) is 11.8 Å². The number of carbonyl (C=O) groups excluding carboxylic acids is 2. The molecule has 0 unspecified atom stereocenters. The van der Waals surface area contributed by atoms with Gasteiger partial charge >= 0.3 is 0 Å². The first kappa shape index (κ1) is 25.0. The molecule has 2 amide bonds. The molecule has 0 spiro atoms. The molecule has 7 heteroatoms. The van der Waals surface area contributed by atoms with E-state index < -0.39 is 17.2 Å². The quantitative estimate of drug-likeness (QED) is 0.538. The van der Waals surface area contributed by atoms with Crippen LogP contribution in [0.25, 0.3) is 0 Å². The summed E-state index contributed by atoms with van der Waals surface area (Å²) in [4.78, 5) is 25.3. The van der Waals surface area contributed by atoms with Crippen molar-refractivity contribution in [1.82, 2.24) is 10.6 Å². The van der Waals surface area contributed by atoms with Gasteiger partial charge in [0, 0.05) is 5.54 Å². The Morgan fingerprint density at radius 1 is 0.800 bits per heavy atom. The van der Waals surface area contributed by atoms with Crippen LogP contribution in [-0.2, 0) is 9.59 Å². The minimum Gasteiger partial charge on any atom is -0.484 e. The molecule has 0 saturated heterocycles. The predicted octanol–water partition coefficient (Wildman–Crippen LogP) is 3.43. The number of benzene rings is 2. The standard InChI is InChI=1S/C28H36N2O5/c1-18-5-7-22(13-20(18)3)34-16-25(32)29-27-9-11-28(12-10-27,24(31)15-27)30-26(33)17-35-23-8-6-19(2)21(4)14-23/h5-8,13-14,24,31H,9-12,15-17H2,1-4H3,(H,29,32)(H,30,33)/t24-,27?,28?/m0/s1. The van der Waals surface area contributed by atoms with Crippen molar-refractivity contribution in [3.8, 4) is 11.5 Å². The summed E-state index contributed by atoms with van der Waals surface area (Å²) in [5, 5.41) is 17.1. The molecule has 1 atom stereocenters. The number of ether oxygens (including phenoxy) is 2. The molecule has 0 radical (unpaired) electrons. The highest BCUT2D eigenvalue weighted by Crippen LogP contribution is 2.47. The zero-order chi connectivity index (χ0) is 25.2. The van der Waals surface area contributed by atoms with E-state index in [-0.39, 0.29) is 25.0 Å². The van der Waals surface area contributed by atoms with Gasteiger partial charge in [0.2, 0.25) is 0 Å². The highest BCUT2D eigenvalue weighted by molar-refractivity contribution is 5.79. The number of aliphatic hydroxyl groups excluding tert-OH is 1. The maximum absolute atomic E-state index is 12.7. The highest BCUT2D eigenvalue weighted by Gasteiger charge is 2.55. The Balaban J connectivity index is 1.28. The van der Waals surface area contributed by atoms with Crippen LogP contribution in [0.1, 0.15) is 54.4 Å². The van der Waals surface area contributed by atoms with E-state index in [1.165, 1.54) is 11.1 Å². The third-order valence-corrected chi connectivity index (χ3v) is 7.81. The summed E-state index contributed by atoms with van der Waals surface area (Å²) in [6.45, 7) is 7.89. The van der Waals surface area contributed by atoms with E-state index in [2.05, 4.69) is 10.6 Å². The van der Waals surface area contributed by atoms with E-state index in [4.69, 9.17) is 9.47 Å². The zero-order valence-corrected chi connectivity index (χ0v) is 21.1. The van der Waals surface area contributed by atoms with E-state index in [9.17, 15) is 14.7 Å². The van der Waals surface area contributed by atoms with Crippen molar-refractivity contribution >= 4 is 11.8 Å². The van der Waals surface area contributed by atoms with Gasteiger partial charge < -0.3 is 25.2 Å². The molecule has 0 heterocycles. The lowest BCUT2D eigenvalue weighted by atomic mass is 9.60. The molecular formula is C28H36N2O5. The molecule has 7 nitrogen and oxygen atoms in total. The monoisotopic (exact) mass is 480 g/mol. The summed E-state index contributed by atoms with van der Waals surface area (Å²) in [6.07, 6.45) is 2.25. The molecule has 3 fully saturated rings. The third-order valence-electron chi connectivity index (χ3n) is 7.81. The van der Waals surface area contributed by atoms with Crippen LogP contribution in [0.4, 0.5) is 0 Å². The van der Waals surface area contributed by atoms with Gasteiger partial charge in [-0.15, -0.1) is 0 Å². The Morgan fingerprint density at radius 3 is 1.74 bits per heavy atom. The fourth-order valence-electron chi connectivity index (χ4n) is 5.21. The van der Waals surface area contributed by atoms with Crippen molar-refractivity contribution in [3.05, 3.63) is 58.7 Å². The van der Waals surface area contributed by atoms with Crippen LogP contribution in [0.15, 0.2) is 36.4 Å². The van der Waals surface area contributed by atoms with Crippen LogP contribution in [0.5, 0.6) is 11.5 Å². The molecule has 3 N–H and O–H groups in total. The number of amides is 2. The van der Waals surface area contributed by atoms with Gasteiger partial charge in [-0.1, -0.05) is 12.1 Å². The molecule has 3 aliphatic rings. The molecule has 3 aliphatic carbocycles. The molecule has 5 rings (SSSR count). The van der Waals surface area contributed by atoms with Crippen LogP contribution >= 0.6 is 0 Å². The average Bonchev–Trinajstić information content (AvgIpc) is 2.82. The van der Waals surface area contributed by atoms with E-state index in [1.54, 1.807) is 0 Å². The number of aliphatic hydroxyl groups is 1. The van der Waals surface area contributed by atoms with Crippen molar-refractivity contribution in [2.75, 3.05) is 13.2 Å². The van der Waals surface area contributed by atoms with Gasteiger partial charge in [0.05, 0.1) is 11.6 Å². The Kier molecular flexibility index (Phi) is 7.08. The van der Waals surface area contributed by atoms with Gasteiger partial charge in [-0.2, -0.15) is 0 Å². The lowest BCUT2D eigenvalue weighted by Crippen LogP contribution is -2.70. The Morgan fingerprint density at radius 2 is 1.29 bits per heavy atom. The minimum absolute atomic E-state index is 0.0714. The summed E-state index contributed by atoms with van der Waals surface area (Å²) in [5.74, 6) is 0.870. The fraction of sp³-hybridized carbons (Fsp3) is 0.500. The number of rotatable bonds is 8. The van der Waals surface area contributed by atoms with E-state index >= 15 is 0 Å². The minimum atomic E-state index is -0.739. The lowest BCUT2D eigenvalue weighted by Gasteiger charge is -2.56. The van der Waals surface area contributed by atoms with Gasteiger partial charge in [-0.25, -0.2) is 0 Å². The first-order valence-corrected chi connectivity index (χ1v) is 12.3. The Hall–Kier alpha value is -3.06. The van der Waals surface area contributed by atoms with Crippen molar-refractivity contribution in [2.24, 2.45) is 0 Å². The molecule has 2 bridgehead atoms.